The van der Waals surface area contributed by atoms with Crippen LogP contribution in [0.5, 0.6) is 0 Å². The van der Waals surface area contributed by atoms with Crippen molar-refractivity contribution in [3.8, 4) is 0 Å². The first-order chi connectivity index (χ1) is 23.1. The number of carbonyl (C=O) groups excluding carboxylic acids is 5. The van der Waals surface area contributed by atoms with Gasteiger partial charge in [0, 0.05) is 24.9 Å². The van der Waals surface area contributed by atoms with Gasteiger partial charge in [-0.15, -0.1) is 6.58 Å². The number of likely N-dealkylation sites (tertiary alicyclic amines) is 1. The molecule has 1 aromatic carbocycles. The maximum atomic E-state index is 14.4. The lowest BCUT2D eigenvalue weighted by Gasteiger charge is -2.36. The van der Waals surface area contributed by atoms with E-state index in [1.54, 1.807) is 53.7 Å². The average Bonchev–Trinajstić information content (AvgIpc) is 3.89. The van der Waals surface area contributed by atoms with Gasteiger partial charge in [0.1, 0.15) is 23.6 Å². The van der Waals surface area contributed by atoms with Gasteiger partial charge in [-0.05, 0) is 63.0 Å². The Kier molecular flexibility index (Phi) is 9.89. The minimum atomic E-state index is -3.89. The Morgan fingerprint density at radius 1 is 1.10 bits per heavy atom. The molecule has 3 fully saturated rings. The molecule has 0 spiro atoms. The number of nitrogens with zero attached hydrogens (tertiary/aromatic N) is 2. The molecule has 2 heterocycles. The summed E-state index contributed by atoms with van der Waals surface area (Å²) in [5.74, 6) is -2.84. The predicted molar refractivity (Wildman–Crippen MR) is 179 cm³/mol. The van der Waals surface area contributed by atoms with Crippen molar-refractivity contribution < 1.29 is 46.3 Å². The summed E-state index contributed by atoms with van der Waals surface area (Å²) >= 11 is 0. The van der Waals surface area contributed by atoms with Gasteiger partial charge in [-0.25, -0.2) is 22.4 Å². The minimum Gasteiger partial charge on any atom is -0.444 e. The molecular weight excluding hydrogens is 671 g/mol. The SMILES string of the molecule is C=C[C@@H]1C[C@]1(CC(=O)[C@@H]1C[C@@H](OC(=O)N2Cc3cccc(F)c3C2)CN1C(=O)[C@@H](NC(=O)OC(C)(C)C)C(C)(C)C)C(=O)NS(=O)(=O)C1CC1. The first-order valence-corrected chi connectivity index (χ1v) is 18.4. The number of nitrogens with one attached hydrogen (secondary N) is 2. The number of benzene rings is 1. The van der Waals surface area contributed by atoms with Crippen molar-refractivity contribution in [3.63, 3.8) is 0 Å². The van der Waals surface area contributed by atoms with Crippen LogP contribution >= 0.6 is 0 Å². The smallest absolute Gasteiger partial charge is 0.410 e. The zero-order chi connectivity index (χ0) is 37.0. The molecule has 13 nitrogen and oxygen atoms in total. The van der Waals surface area contributed by atoms with Crippen LogP contribution in [0, 0.1) is 22.6 Å². The van der Waals surface area contributed by atoms with Crippen molar-refractivity contribution in [3.05, 3.63) is 47.8 Å². The van der Waals surface area contributed by atoms with Gasteiger partial charge in [0.15, 0.2) is 5.78 Å². The van der Waals surface area contributed by atoms with E-state index in [-0.39, 0.29) is 38.9 Å². The number of Topliss-reactive ketones (excluding diaryl/α,β-unsaturated/α-hetero) is 1. The Balaban J connectivity index is 1.38. The first-order valence-electron chi connectivity index (χ1n) is 16.9. The lowest BCUT2D eigenvalue weighted by Crippen LogP contribution is -2.57. The molecule has 2 aliphatic carbocycles. The molecule has 50 heavy (non-hydrogen) atoms. The van der Waals surface area contributed by atoms with E-state index in [1.165, 1.54) is 21.9 Å². The van der Waals surface area contributed by atoms with Gasteiger partial charge in [0.2, 0.25) is 21.8 Å². The molecule has 5 rings (SSSR count). The molecule has 1 saturated heterocycles. The maximum absolute atomic E-state index is 14.4. The quantitative estimate of drug-likeness (QED) is 0.341. The Morgan fingerprint density at radius 2 is 1.78 bits per heavy atom. The third kappa shape index (κ3) is 7.97. The molecule has 5 atom stereocenters. The summed E-state index contributed by atoms with van der Waals surface area (Å²) in [6, 6.07) is 2.25. The maximum Gasteiger partial charge on any atom is 0.410 e. The number of hydrogen-bond acceptors (Lipinski definition) is 9. The van der Waals surface area contributed by atoms with Gasteiger partial charge in [-0.2, -0.15) is 0 Å². The minimum absolute atomic E-state index is 0.00515. The first kappa shape index (κ1) is 37.3. The Morgan fingerprint density at radius 3 is 2.34 bits per heavy atom. The second-order valence-electron chi connectivity index (χ2n) is 15.9. The van der Waals surface area contributed by atoms with E-state index in [0.717, 1.165) is 0 Å². The second kappa shape index (κ2) is 13.3. The van der Waals surface area contributed by atoms with E-state index in [0.29, 0.717) is 24.0 Å². The summed E-state index contributed by atoms with van der Waals surface area (Å²) in [5.41, 5.74) is -2.05. The topological polar surface area (TPSA) is 168 Å². The zero-order valence-corrected chi connectivity index (χ0v) is 30.2. The molecular formula is C35H47FN4O9S. The van der Waals surface area contributed by atoms with E-state index in [4.69, 9.17) is 9.47 Å². The van der Waals surface area contributed by atoms with E-state index in [2.05, 4.69) is 16.6 Å². The van der Waals surface area contributed by atoms with Crippen molar-refractivity contribution in [2.45, 2.75) is 116 Å². The third-order valence-corrected chi connectivity index (χ3v) is 11.5. The number of hydrogen-bond donors (Lipinski definition) is 2. The average molecular weight is 719 g/mol. The molecule has 2 saturated carbocycles. The molecule has 15 heteroatoms. The number of halogens is 1. The van der Waals surface area contributed by atoms with Crippen LogP contribution in [-0.4, -0.2) is 83.6 Å². The van der Waals surface area contributed by atoms with Crippen molar-refractivity contribution >= 4 is 39.8 Å². The van der Waals surface area contributed by atoms with Gasteiger partial charge in [0.05, 0.1) is 29.8 Å². The zero-order valence-electron chi connectivity index (χ0n) is 29.4. The van der Waals surface area contributed by atoms with E-state index >= 15 is 0 Å². The normalized spacial score (nSPS) is 25.3. The van der Waals surface area contributed by atoms with Gasteiger partial charge >= 0.3 is 12.2 Å². The Bertz CT molecular complexity index is 1700. The lowest BCUT2D eigenvalue weighted by molar-refractivity contribution is -0.142. The van der Waals surface area contributed by atoms with Crippen LogP contribution in [0.25, 0.3) is 0 Å². The number of fused-ring (bicyclic) bond motifs is 1. The summed E-state index contributed by atoms with van der Waals surface area (Å²) in [5, 5.41) is 2.00. The molecule has 0 aromatic heterocycles. The van der Waals surface area contributed by atoms with Crippen LogP contribution in [0.4, 0.5) is 14.0 Å². The van der Waals surface area contributed by atoms with Crippen LogP contribution in [0.15, 0.2) is 30.9 Å². The summed E-state index contributed by atoms with van der Waals surface area (Å²) in [7, 11) is -3.89. The third-order valence-electron chi connectivity index (χ3n) is 9.70. The van der Waals surface area contributed by atoms with Crippen molar-refractivity contribution in [1.29, 1.82) is 0 Å². The van der Waals surface area contributed by atoms with Crippen molar-refractivity contribution in [1.82, 2.24) is 19.8 Å². The van der Waals surface area contributed by atoms with Gasteiger partial charge in [-0.1, -0.05) is 39.0 Å². The molecule has 1 aromatic rings. The number of amides is 4. The Hall–Kier alpha value is -4.01. The van der Waals surface area contributed by atoms with Crippen LogP contribution < -0.4 is 10.0 Å². The molecule has 0 bridgehead atoms. The van der Waals surface area contributed by atoms with E-state index < -0.39 is 91.4 Å². The lowest BCUT2D eigenvalue weighted by atomic mass is 9.85. The molecule has 0 unspecified atom stereocenters. The van der Waals surface area contributed by atoms with Gasteiger partial charge in [0.25, 0.3) is 0 Å². The van der Waals surface area contributed by atoms with Crippen LogP contribution in [0.3, 0.4) is 0 Å². The number of carbonyl (C=O) groups is 5. The summed E-state index contributed by atoms with van der Waals surface area (Å²) in [6.07, 6.45) is -0.425. The highest BCUT2D eigenvalue weighted by atomic mass is 32.2. The summed E-state index contributed by atoms with van der Waals surface area (Å²) < 4.78 is 53.0. The van der Waals surface area contributed by atoms with Crippen molar-refractivity contribution in [2.75, 3.05) is 6.54 Å². The summed E-state index contributed by atoms with van der Waals surface area (Å²) in [4.78, 5) is 70.7. The number of sulfonamides is 1. The number of rotatable bonds is 10. The number of alkyl carbamates (subject to hydrolysis) is 1. The number of ketones is 1. The summed E-state index contributed by atoms with van der Waals surface area (Å²) in [6.45, 7) is 13.9. The second-order valence-corrected chi connectivity index (χ2v) is 17.9. The fourth-order valence-corrected chi connectivity index (χ4v) is 8.09. The van der Waals surface area contributed by atoms with E-state index in [9.17, 15) is 36.8 Å². The fourth-order valence-electron chi connectivity index (χ4n) is 6.71. The molecule has 2 N–H and O–H groups in total. The predicted octanol–water partition coefficient (Wildman–Crippen LogP) is 3.95. The van der Waals surface area contributed by atoms with Crippen LogP contribution in [0.1, 0.15) is 84.8 Å². The Labute approximate surface area is 292 Å². The van der Waals surface area contributed by atoms with Crippen LogP contribution in [0.2, 0.25) is 0 Å². The highest BCUT2D eigenvalue weighted by Gasteiger charge is 2.61. The molecule has 2 aliphatic heterocycles. The standard InChI is InChI=1S/C35H47FN4O9S/c1-8-21-15-35(21,30(43)38-50(46,47)23-12-13-23)16-27(41)26-14-22(48-32(45)39-17-20-10-9-11-25(36)24(20)19-39)18-40(26)29(42)28(33(2,3)4)37-31(44)49-34(5,6)7/h8-11,21-23,26,28H,1,12-19H2,2-7H3,(H,37,44)(H,38,43)/t21-,22-,26+,28-,35-/m1/s1. The molecule has 0 radical (unpaired) electrons. The van der Waals surface area contributed by atoms with Crippen LogP contribution in [-0.2, 0) is 47.0 Å². The van der Waals surface area contributed by atoms with E-state index in [1.807, 2.05) is 0 Å². The van der Waals surface area contributed by atoms with Gasteiger partial charge < -0.3 is 19.7 Å². The largest absolute Gasteiger partial charge is 0.444 e. The monoisotopic (exact) mass is 718 g/mol. The van der Waals surface area contributed by atoms with Crippen molar-refractivity contribution in [2.24, 2.45) is 16.7 Å². The number of ether oxygens (including phenoxy) is 2. The molecule has 4 aliphatic rings. The molecule has 4 amide bonds. The number of allylic oxidation sites excluding steroid dienone is 1. The molecule has 274 valence electrons. The fraction of sp³-hybridized carbons (Fsp3) is 0.629. The highest BCUT2D eigenvalue weighted by Crippen LogP contribution is 2.57. The van der Waals surface area contributed by atoms with Gasteiger partial charge in [-0.3, -0.25) is 24.0 Å². The highest BCUT2D eigenvalue weighted by molar-refractivity contribution is 7.90.